The third-order valence-electron chi connectivity index (χ3n) is 1.56. The van der Waals surface area contributed by atoms with Crippen molar-refractivity contribution >= 4 is 5.91 Å². The summed E-state index contributed by atoms with van der Waals surface area (Å²) < 4.78 is 35.1. The predicted molar refractivity (Wildman–Crippen MR) is 27.1 cm³/mol. The number of amides is 1. The van der Waals surface area contributed by atoms with E-state index in [1.54, 1.807) is 5.32 Å². The highest BCUT2D eigenvalue weighted by Gasteiger charge is 2.52. The summed E-state index contributed by atoms with van der Waals surface area (Å²) in [5.41, 5.74) is 0. The molecule has 2 nitrogen and oxygen atoms in total. The van der Waals surface area contributed by atoms with Crippen LogP contribution in [0.3, 0.4) is 0 Å². The van der Waals surface area contributed by atoms with Gasteiger partial charge in [-0.05, 0) is 0 Å². The Balaban J connectivity index is 2.56. The number of carbonyl (C=O) groups is 1. The Morgan fingerprint density at radius 1 is 1.50 bits per heavy atom. The summed E-state index contributed by atoms with van der Waals surface area (Å²) in [5.74, 6) is -1.44. The zero-order valence-electron chi connectivity index (χ0n) is 5.20. The Labute approximate surface area is 55.4 Å². The number of hydrogen-bond donors (Lipinski definition) is 1. The fraction of sp³-hybridized carbons (Fsp3) is 0.800. The van der Waals surface area contributed by atoms with Crippen LogP contribution in [0, 0.1) is 5.92 Å². The molecule has 1 rings (SSSR count). The number of rotatable bonds is 0. The van der Waals surface area contributed by atoms with Crippen molar-refractivity contribution < 1.29 is 18.0 Å². The molecular weight excluding hydrogens is 147 g/mol. The number of nitrogens with one attached hydrogen (secondary N) is 1. The Morgan fingerprint density at radius 3 is 2.10 bits per heavy atom. The summed E-state index contributed by atoms with van der Waals surface area (Å²) in [6.45, 7) is 1.26. The van der Waals surface area contributed by atoms with E-state index in [1.165, 1.54) is 6.92 Å². The molecule has 1 aliphatic rings. The minimum atomic E-state index is -4.28. The van der Waals surface area contributed by atoms with Crippen LogP contribution in [0.1, 0.15) is 6.92 Å². The zero-order chi connectivity index (χ0) is 7.94. The molecule has 10 heavy (non-hydrogen) atoms. The zero-order valence-corrected chi connectivity index (χ0v) is 5.20. The molecular formula is C5H6F3NO. The molecule has 0 aliphatic carbocycles. The summed E-state index contributed by atoms with van der Waals surface area (Å²) in [5, 5.41) is 1.77. The maximum Gasteiger partial charge on any atom is 0.409 e. The average molecular weight is 153 g/mol. The lowest BCUT2D eigenvalue weighted by atomic mass is 9.92. The summed E-state index contributed by atoms with van der Waals surface area (Å²) >= 11 is 0. The molecule has 2 unspecified atom stereocenters. The second kappa shape index (κ2) is 1.87. The van der Waals surface area contributed by atoms with Gasteiger partial charge >= 0.3 is 6.18 Å². The molecule has 1 heterocycles. The van der Waals surface area contributed by atoms with E-state index in [-0.39, 0.29) is 0 Å². The van der Waals surface area contributed by atoms with Crippen molar-refractivity contribution in [2.45, 2.75) is 19.1 Å². The van der Waals surface area contributed by atoms with Crippen LogP contribution in [0.25, 0.3) is 0 Å². The Morgan fingerprint density at radius 2 is 2.00 bits per heavy atom. The maximum absolute atomic E-state index is 11.7. The normalized spacial score (nSPS) is 33.0. The number of carbonyl (C=O) groups excluding carboxylic acids is 1. The van der Waals surface area contributed by atoms with E-state index in [0.717, 1.165) is 0 Å². The lowest BCUT2D eigenvalue weighted by Crippen LogP contribution is -2.63. The van der Waals surface area contributed by atoms with Gasteiger partial charge in [-0.15, -0.1) is 0 Å². The first-order valence-corrected chi connectivity index (χ1v) is 2.80. The molecule has 58 valence electrons. The molecule has 0 aromatic rings. The molecule has 5 heteroatoms. The first-order chi connectivity index (χ1) is 4.43. The van der Waals surface area contributed by atoms with Crippen molar-refractivity contribution in [1.29, 1.82) is 0 Å². The maximum atomic E-state index is 11.7. The van der Waals surface area contributed by atoms with Gasteiger partial charge < -0.3 is 5.32 Å². The van der Waals surface area contributed by atoms with Crippen LogP contribution in [0.2, 0.25) is 0 Å². The molecule has 1 N–H and O–H groups in total. The smallest absolute Gasteiger partial charge is 0.343 e. The molecule has 1 amide bonds. The minimum Gasteiger partial charge on any atom is -0.343 e. The van der Waals surface area contributed by atoms with Crippen LogP contribution >= 0.6 is 0 Å². The van der Waals surface area contributed by atoms with Gasteiger partial charge in [-0.25, -0.2) is 0 Å². The molecule has 0 bridgehead atoms. The van der Waals surface area contributed by atoms with Gasteiger partial charge in [-0.2, -0.15) is 13.2 Å². The summed E-state index contributed by atoms with van der Waals surface area (Å²) in [4.78, 5) is 10.3. The highest BCUT2D eigenvalue weighted by molar-refractivity contribution is 5.85. The predicted octanol–water partition coefficient (Wildman–Crippen LogP) is 0.683. The molecule has 1 fully saturated rings. The van der Waals surface area contributed by atoms with E-state index in [1.807, 2.05) is 0 Å². The van der Waals surface area contributed by atoms with Crippen molar-refractivity contribution in [2.24, 2.45) is 5.92 Å². The number of hydrogen-bond acceptors (Lipinski definition) is 1. The fourth-order valence-corrected chi connectivity index (χ4v) is 0.830. The summed E-state index contributed by atoms with van der Waals surface area (Å²) in [6, 6.07) is -1.63. The van der Waals surface area contributed by atoms with E-state index >= 15 is 0 Å². The number of alkyl halides is 3. The third-order valence-corrected chi connectivity index (χ3v) is 1.56. The van der Waals surface area contributed by atoms with Crippen LogP contribution in [0.15, 0.2) is 0 Å². The lowest BCUT2D eigenvalue weighted by Gasteiger charge is -2.35. The van der Waals surface area contributed by atoms with Gasteiger partial charge in [0, 0.05) is 0 Å². The van der Waals surface area contributed by atoms with E-state index in [0.29, 0.717) is 0 Å². The van der Waals surface area contributed by atoms with E-state index < -0.39 is 24.0 Å². The van der Waals surface area contributed by atoms with E-state index in [2.05, 4.69) is 0 Å². The standard InChI is InChI=1S/C5H6F3NO/c1-2-3(5(6,7)8)9-4(2)10/h2-3H,1H3,(H,9,10). The first kappa shape index (κ1) is 7.37. The van der Waals surface area contributed by atoms with E-state index in [4.69, 9.17) is 0 Å². The van der Waals surface area contributed by atoms with Crippen LogP contribution in [-0.4, -0.2) is 18.1 Å². The molecule has 2 atom stereocenters. The van der Waals surface area contributed by atoms with Gasteiger partial charge in [0.2, 0.25) is 5.91 Å². The van der Waals surface area contributed by atoms with Crippen molar-refractivity contribution in [2.75, 3.05) is 0 Å². The van der Waals surface area contributed by atoms with Gasteiger partial charge in [-0.1, -0.05) is 6.92 Å². The molecule has 0 radical (unpaired) electrons. The van der Waals surface area contributed by atoms with Crippen molar-refractivity contribution in [3.63, 3.8) is 0 Å². The molecule has 0 aromatic carbocycles. The van der Waals surface area contributed by atoms with Crippen LogP contribution in [-0.2, 0) is 4.79 Å². The van der Waals surface area contributed by atoms with Crippen molar-refractivity contribution in [3.8, 4) is 0 Å². The van der Waals surface area contributed by atoms with Crippen LogP contribution in [0.5, 0.6) is 0 Å². The molecule has 0 saturated carbocycles. The van der Waals surface area contributed by atoms with Crippen LogP contribution < -0.4 is 5.32 Å². The third kappa shape index (κ3) is 0.955. The van der Waals surface area contributed by atoms with Crippen molar-refractivity contribution in [3.05, 3.63) is 0 Å². The number of β-lactam (4-membered cyclic amide) rings is 1. The van der Waals surface area contributed by atoms with Gasteiger partial charge in [0.25, 0.3) is 0 Å². The molecule has 1 aliphatic heterocycles. The SMILES string of the molecule is CC1C(=O)NC1C(F)(F)F. The van der Waals surface area contributed by atoms with Gasteiger partial charge in [-0.3, -0.25) is 4.79 Å². The van der Waals surface area contributed by atoms with E-state index in [9.17, 15) is 18.0 Å². The summed E-state index contributed by atoms with van der Waals surface area (Å²) in [6.07, 6.45) is -4.28. The molecule has 0 spiro atoms. The Bertz CT molecular complexity index is 165. The Hall–Kier alpha value is -0.740. The second-order valence-corrected chi connectivity index (χ2v) is 2.32. The highest BCUT2D eigenvalue weighted by atomic mass is 19.4. The topological polar surface area (TPSA) is 29.1 Å². The fourth-order valence-electron chi connectivity index (χ4n) is 0.830. The number of halogens is 3. The quantitative estimate of drug-likeness (QED) is 0.509. The highest BCUT2D eigenvalue weighted by Crippen LogP contribution is 2.30. The van der Waals surface area contributed by atoms with Gasteiger partial charge in [0.1, 0.15) is 6.04 Å². The molecule has 1 saturated heterocycles. The van der Waals surface area contributed by atoms with Crippen LogP contribution in [0.4, 0.5) is 13.2 Å². The summed E-state index contributed by atoms with van der Waals surface area (Å²) in [7, 11) is 0. The molecule has 0 aromatic heterocycles. The monoisotopic (exact) mass is 153 g/mol. The lowest BCUT2D eigenvalue weighted by molar-refractivity contribution is -0.192. The van der Waals surface area contributed by atoms with Gasteiger partial charge in [0.05, 0.1) is 5.92 Å². The largest absolute Gasteiger partial charge is 0.409 e. The average Bonchev–Trinajstić information content (AvgIpc) is 1.79. The van der Waals surface area contributed by atoms with Gasteiger partial charge in [0.15, 0.2) is 0 Å². The minimum absolute atomic E-state index is 0.526. The Kier molecular flexibility index (Phi) is 1.38. The first-order valence-electron chi connectivity index (χ1n) is 2.80. The second-order valence-electron chi connectivity index (χ2n) is 2.32. The van der Waals surface area contributed by atoms with Crippen molar-refractivity contribution in [1.82, 2.24) is 5.32 Å².